The summed E-state index contributed by atoms with van der Waals surface area (Å²) in [5, 5.41) is 20.7. The molecule has 0 saturated heterocycles. The van der Waals surface area contributed by atoms with Crippen molar-refractivity contribution in [3.05, 3.63) is 114 Å². The molecule has 0 radical (unpaired) electrons. The highest BCUT2D eigenvalue weighted by molar-refractivity contribution is 7.86. The Kier molecular flexibility index (Phi) is 7.80. The minimum Gasteiger partial charge on any atom is -0.282 e. The van der Waals surface area contributed by atoms with Gasteiger partial charge in [0.2, 0.25) is 0 Å². The Morgan fingerprint density at radius 1 is 0.509 bits per heavy atom. The van der Waals surface area contributed by atoms with E-state index in [0.717, 1.165) is 27.2 Å². The third-order valence-electron chi connectivity index (χ3n) is 8.61. The molecular weight excluding hydrogens is 745 g/mol. The van der Waals surface area contributed by atoms with Gasteiger partial charge in [-0.25, -0.2) is 0 Å². The van der Waals surface area contributed by atoms with E-state index in [9.17, 15) is 38.9 Å². The summed E-state index contributed by atoms with van der Waals surface area (Å²) in [7, 11) is -14.1. The van der Waals surface area contributed by atoms with Gasteiger partial charge >= 0.3 is 0 Å². The van der Waals surface area contributed by atoms with E-state index in [-0.39, 0.29) is 27.4 Å². The highest BCUT2D eigenvalue weighted by Crippen LogP contribution is 2.30. The van der Waals surface area contributed by atoms with Crippen LogP contribution in [0.2, 0.25) is 0 Å². The van der Waals surface area contributed by atoms with Gasteiger partial charge in [0, 0.05) is 10.8 Å². The summed E-state index contributed by atoms with van der Waals surface area (Å²) in [5.41, 5.74) is 3.33. The highest BCUT2D eigenvalue weighted by atomic mass is 32.2. The van der Waals surface area contributed by atoms with E-state index in [1.807, 2.05) is 31.2 Å². The summed E-state index contributed by atoms with van der Waals surface area (Å²) in [6.07, 6.45) is 2.53. The van der Waals surface area contributed by atoms with Gasteiger partial charge in [-0.1, -0.05) is 66.2 Å². The first kappa shape index (κ1) is 34.2. The lowest BCUT2D eigenvalue weighted by atomic mass is 10.1. The fraction of sp³-hybridized carbons (Fsp3) is 0.0286. The number of aromatic nitrogens is 6. The molecule has 0 amide bonds. The van der Waals surface area contributed by atoms with Gasteiger partial charge in [0.1, 0.15) is 31.9 Å². The van der Waals surface area contributed by atoms with Crippen LogP contribution in [0.5, 0.6) is 0 Å². The zero-order valence-electron chi connectivity index (χ0n) is 27.1. The van der Waals surface area contributed by atoms with Crippen molar-refractivity contribution in [3.8, 4) is 11.4 Å². The molecule has 0 unspecified atom stereocenters. The van der Waals surface area contributed by atoms with Gasteiger partial charge in [-0.2, -0.15) is 34.8 Å². The van der Waals surface area contributed by atoms with Crippen molar-refractivity contribution in [2.45, 2.75) is 21.6 Å². The van der Waals surface area contributed by atoms with Crippen molar-refractivity contribution in [1.29, 1.82) is 0 Å². The van der Waals surface area contributed by atoms with Crippen LogP contribution in [0.1, 0.15) is 16.7 Å². The molecule has 18 heteroatoms. The molecule has 266 valence electrons. The monoisotopic (exact) mass is 768 g/mol. The largest absolute Gasteiger partial charge is 0.295 e. The second-order valence-corrected chi connectivity index (χ2v) is 16.4. The van der Waals surface area contributed by atoms with Crippen molar-refractivity contribution in [3.63, 3.8) is 0 Å². The fourth-order valence-electron chi connectivity index (χ4n) is 6.10. The number of aryl methyl sites for hydroxylation is 1. The van der Waals surface area contributed by atoms with Crippen molar-refractivity contribution < 1.29 is 38.9 Å². The average molecular weight is 769 g/mol. The minimum atomic E-state index is -4.85. The molecule has 0 aliphatic rings. The van der Waals surface area contributed by atoms with Gasteiger partial charge < -0.3 is 0 Å². The lowest BCUT2D eigenvalue weighted by Crippen LogP contribution is -2.06. The first-order valence-electron chi connectivity index (χ1n) is 15.5. The molecule has 8 rings (SSSR count). The zero-order valence-corrected chi connectivity index (χ0v) is 29.5. The van der Waals surface area contributed by atoms with E-state index in [1.54, 1.807) is 18.2 Å². The SMILES string of the molecule is Cc1ccc2c(ccc3nn(-c4ccc(/C=C/c5ccc(-n6nc7ccc8cc(S(=O)(=O)O)ccc8c7n6)cc5S(=O)(=O)O)c(S(=O)(=O)O)c4)nc32)c1. The van der Waals surface area contributed by atoms with Gasteiger partial charge in [0.25, 0.3) is 30.4 Å². The summed E-state index contributed by atoms with van der Waals surface area (Å²) >= 11 is 0. The molecule has 0 bridgehead atoms. The van der Waals surface area contributed by atoms with Crippen LogP contribution in [0.25, 0.3) is 67.1 Å². The molecule has 6 aromatic carbocycles. The van der Waals surface area contributed by atoms with E-state index in [4.69, 9.17) is 0 Å². The first-order valence-corrected chi connectivity index (χ1v) is 19.8. The predicted molar refractivity (Wildman–Crippen MR) is 196 cm³/mol. The maximum absolute atomic E-state index is 12.6. The quantitative estimate of drug-likeness (QED) is 0.131. The Morgan fingerprint density at radius 2 is 0.981 bits per heavy atom. The molecule has 53 heavy (non-hydrogen) atoms. The lowest BCUT2D eigenvalue weighted by Gasteiger charge is -2.08. The first-order chi connectivity index (χ1) is 25.0. The third kappa shape index (κ3) is 6.32. The number of hydrogen-bond acceptors (Lipinski definition) is 10. The topological polar surface area (TPSA) is 225 Å². The molecule has 3 N–H and O–H groups in total. The number of nitrogens with zero attached hydrogens (tertiary/aromatic N) is 6. The second kappa shape index (κ2) is 12.1. The normalized spacial score (nSPS) is 12.9. The van der Waals surface area contributed by atoms with Crippen molar-refractivity contribution >= 4 is 86.1 Å². The Hall–Kier alpha value is -5.89. The maximum Gasteiger partial charge on any atom is 0.295 e. The summed E-state index contributed by atoms with van der Waals surface area (Å²) in [6, 6.07) is 24.8. The smallest absolute Gasteiger partial charge is 0.282 e. The van der Waals surface area contributed by atoms with Crippen LogP contribution in [-0.2, 0) is 30.4 Å². The second-order valence-electron chi connectivity index (χ2n) is 12.2. The predicted octanol–water partition coefficient (Wildman–Crippen LogP) is 5.68. The number of hydrogen-bond donors (Lipinski definition) is 3. The van der Waals surface area contributed by atoms with Crippen LogP contribution in [0.15, 0.2) is 112 Å². The summed E-state index contributed by atoms with van der Waals surface area (Å²) < 4.78 is 103. The maximum atomic E-state index is 12.6. The van der Waals surface area contributed by atoms with E-state index >= 15 is 0 Å². The summed E-state index contributed by atoms with van der Waals surface area (Å²) in [6.45, 7) is 1.98. The van der Waals surface area contributed by atoms with Gasteiger partial charge in [0.15, 0.2) is 0 Å². The molecule has 15 nitrogen and oxygen atoms in total. The Bertz CT molecular complexity index is 3230. The standard InChI is InChI=1S/C35H24N6O9S3/c1-20-2-12-28-23(16-20)7-14-30-34(28)38-40(36-30)25-9-5-21(32(18-25)52(45,46)47)3-4-22-6-10-26(19-33(22)53(48,49)50)41-37-31-15-8-24-17-27(51(42,43)44)11-13-29(24)35(31)39-41/h2-19H,1H3,(H,42,43,44)(H,45,46,47)(H,48,49,50)/b4-3+. The van der Waals surface area contributed by atoms with E-state index in [1.165, 1.54) is 65.5 Å². The Labute approximate surface area is 300 Å². The molecule has 0 atom stereocenters. The molecule has 0 fully saturated rings. The fourth-order valence-corrected chi connectivity index (χ4v) is 8.02. The number of benzene rings is 6. The Balaban J connectivity index is 1.16. The van der Waals surface area contributed by atoms with E-state index in [0.29, 0.717) is 32.8 Å². The summed E-state index contributed by atoms with van der Waals surface area (Å²) in [4.78, 5) is 1.05. The van der Waals surface area contributed by atoms with Gasteiger partial charge in [0.05, 0.1) is 16.3 Å². The molecule has 8 aromatic rings. The van der Waals surface area contributed by atoms with Crippen LogP contribution >= 0.6 is 0 Å². The average Bonchev–Trinajstić information content (AvgIpc) is 3.74. The van der Waals surface area contributed by atoms with Crippen LogP contribution in [0, 0.1) is 6.92 Å². The number of fused-ring (bicyclic) bond motifs is 6. The number of rotatable bonds is 7. The van der Waals surface area contributed by atoms with Crippen molar-refractivity contribution in [2.24, 2.45) is 0 Å². The van der Waals surface area contributed by atoms with Gasteiger partial charge in [-0.05, 0) is 77.4 Å². The summed E-state index contributed by atoms with van der Waals surface area (Å²) in [5.74, 6) is 0. The lowest BCUT2D eigenvalue weighted by molar-refractivity contribution is 0.480. The van der Waals surface area contributed by atoms with Crippen molar-refractivity contribution in [2.75, 3.05) is 0 Å². The van der Waals surface area contributed by atoms with Crippen LogP contribution < -0.4 is 0 Å². The van der Waals surface area contributed by atoms with E-state index in [2.05, 4.69) is 20.4 Å². The van der Waals surface area contributed by atoms with Crippen LogP contribution in [-0.4, -0.2) is 68.9 Å². The molecule has 0 spiro atoms. The Morgan fingerprint density at radius 3 is 1.45 bits per heavy atom. The molecule has 2 heterocycles. The molecule has 0 aliphatic carbocycles. The molecule has 0 aliphatic heterocycles. The van der Waals surface area contributed by atoms with E-state index < -0.39 is 40.1 Å². The molecule has 2 aromatic heterocycles. The van der Waals surface area contributed by atoms with Gasteiger partial charge in [-0.15, -0.1) is 20.4 Å². The minimum absolute atomic E-state index is 0.00303. The zero-order chi connectivity index (χ0) is 37.4. The molecular formula is C35H24N6O9S3. The van der Waals surface area contributed by atoms with Crippen molar-refractivity contribution in [1.82, 2.24) is 30.0 Å². The highest BCUT2D eigenvalue weighted by Gasteiger charge is 2.20. The third-order valence-corrected chi connectivity index (χ3v) is 11.3. The molecule has 0 saturated carbocycles. The van der Waals surface area contributed by atoms with Gasteiger partial charge in [-0.3, -0.25) is 13.7 Å². The van der Waals surface area contributed by atoms with Crippen LogP contribution in [0.3, 0.4) is 0 Å². The van der Waals surface area contributed by atoms with Crippen LogP contribution in [0.4, 0.5) is 0 Å².